The van der Waals surface area contributed by atoms with Crippen LogP contribution in [0.3, 0.4) is 0 Å². The summed E-state index contributed by atoms with van der Waals surface area (Å²) in [7, 11) is 1.60. The third-order valence-corrected chi connectivity index (χ3v) is 5.28. The molecule has 3 aromatic rings. The summed E-state index contributed by atoms with van der Waals surface area (Å²) in [6.45, 7) is 6.37. The maximum atomic E-state index is 11.9. The van der Waals surface area contributed by atoms with E-state index in [2.05, 4.69) is 30.2 Å². The van der Waals surface area contributed by atoms with Gasteiger partial charge in [-0.2, -0.15) is 5.10 Å². The van der Waals surface area contributed by atoms with Gasteiger partial charge in [-0.1, -0.05) is 6.92 Å². The molecule has 9 heteroatoms. The van der Waals surface area contributed by atoms with Gasteiger partial charge >= 0.3 is 0 Å². The fourth-order valence-corrected chi connectivity index (χ4v) is 3.62. The van der Waals surface area contributed by atoms with E-state index in [1.165, 1.54) is 0 Å². The van der Waals surface area contributed by atoms with Crippen LogP contribution in [0.5, 0.6) is 0 Å². The fraction of sp³-hybridized carbons (Fsp3) is 0.400. The third kappa shape index (κ3) is 4.00. The second kappa shape index (κ2) is 8.04. The van der Waals surface area contributed by atoms with Gasteiger partial charge in [0.15, 0.2) is 0 Å². The van der Waals surface area contributed by atoms with E-state index >= 15 is 0 Å². The number of aryl methyl sites for hydroxylation is 1. The molecule has 0 aliphatic carbocycles. The summed E-state index contributed by atoms with van der Waals surface area (Å²) in [5.74, 6) is -0.178. The first kappa shape index (κ1) is 19.1. The molecule has 9 nitrogen and oxygen atoms in total. The quantitative estimate of drug-likeness (QED) is 0.659. The van der Waals surface area contributed by atoms with Gasteiger partial charge in [0, 0.05) is 46.0 Å². The normalized spacial score (nSPS) is 15.0. The minimum atomic E-state index is -0.178. The van der Waals surface area contributed by atoms with Crippen LogP contribution in [0.1, 0.15) is 28.7 Å². The second-order valence-electron chi connectivity index (χ2n) is 7.18. The summed E-state index contributed by atoms with van der Waals surface area (Å²) in [5, 5.41) is 6.98. The van der Waals surface area contributed by atoms with Crippen molar-refractivity contribution in [2.45, 2.75) is 19.9 Å². The summed E-state index contributed by atoms with van der Waals surface area (Å²) >= 11 is 0. The van der Waals surface area contributed by atoms with Gasteiger partial charge < -0.3 is 15.2 Å². The fourth-order valence-electron chi connectivity index (χ4n) is 3.62. The molecule has 0 saturated carbocycles. The van der Waals surface area contributed by atoms with Crippen LogP contribution >= 0.6 is 0 Å². The number of nitrogens with zero attached hydrogens (tertiary/aromatic N) is 5. The highest BCUT2D eigenvalue weighted by Gasteiger charge is 2.19. The molecule has 4 heterocycles. The number of aromatic amines is 1. The molecule has 1 aliphatic heterocycles. The van der Waals surface area contributed by atoms with E-state index < -0.39 is 0 Å². The van der Waals surface area contributed by atoms with Crippen LogP contribution in [0.2, 0.25) is 0 Å². The molecule has 2 N–H and O–H groups in total. The molecule has 0 atom stereocenters. The molecular formula is C20H25N7O2. The summed E-state index contributed by atoms with van der Waals surface area (Å²) < 4.78 is 1.76. The number of aromatic nitrogens is 4. The smallest absolute Gasteiger partial charge is 0.273 e. The van der Waals surface area contributed by atoms with Crippen LogP contribution in [0.4, 0.5) is 5.69 Å². The average molecular weight is 395 g/mol. The minimum absolute atomic E-state index is 0.116. The van der Waals surface area contributed by atoms with E-state index in [1.54, 1.807) is 23.8 Å². The van der Waals surface area contributed by atoms with Crippen molar-refractivity contribution in [1.29, 1.82) is 0 Å². The molecule has 1 aliphatic rings. The van der Waals surface area contributed by atoms with E-state index in [4.69, 9.17) is 0 Å². The third-order valence-electron chi connectivity index (χ3n) is 5.28. The SMILES string of the molecule is CCc1nn2cc(CN3CCN(c4ccc(C(=O)NC)nc4)CC3)cc2[nH]c1=O. The van der Waals surface area contributed by atoms with Crippen molar-refractivity contribution >= 4 is 17.2 Å². The Morgan fingerprint density at radius 3 is 2.69 bits per heavy atom. The first-order valence-corrected chi connectivity index (χ1v) is 9.83. The Morgan fingerprint density at radius 2 is 2.03 bits per heavy atom. The number of amides is 1. The zero-order valence-corrected chi connectivity index (χ0v) is 16.7. The van der Waals surface area contributed by atoms with Crippen molar-refractivity contribution in [2.75, 3.05) is 38.1 Å². The number of H-pyrrole nitrogens is 1. The summed E-state index contributed by atoms with van der Waals surface area (Å²) in [6, 6.07) is 5.69. The van der Waals surface area contributed by atoms with Crippen molar-refractivity contribution in [1.82, 2.24) is 29.8 Å². The number of hydrogen-bond donors (Lipinski definition) is 2. The molecule has 1 amide bonds. The molecule has 29 heavy (non-hydrogen) atoms. The summed E-state index contributed by atoms with van der Waals surface area (Å²) in [6.07, 6.45) is 4.35. The molecular weight excluding hydrogens is 370 g/mol. The number of anilines is 1. The number of piperazine rings is 1. The van der Waals surface area contributed by atoms with Crippen LogP contribution < -0.4 is 15.8 Å². The Labute approximate surface area is 168 Å². The Kier molecular flexibility index (Phi) is 5.30. The van der Waals surface area contributed by atoms with E-state index in [0.29, 0.717) is 17.8 Å². The van der Waals surface area contributed by atoms with Gasteiger partial charge in [-0.05, 0) is 30.2 Å². The van der Waals surface area contributed by atoms with Gasteiger partial charge in [-0.3, -0.25) is 14.5 Å². The molecule has 0 unspecified atom stereocenters. The molecule has 0 radical (unpaired) electrons. The molecule has 0 spiro atoms. The van der Waals surface area contributed by atoms with Crippen LogP contribution in [0, 0.1) is 0 Å². The highest BCUT2D eigenvalue weighted by atomic mass is 16.1. The van der Waals surface area contributed by atoms with Crippen LogP contribution in [0.15, 0.2) is 35.4 Å². The largest absolute Gasteiger partial charge is 0.368 e. The number of pyridine rings is 1. The highest BCUT2D eigenvalue weighted by Crippen LogP contribution is 2.17. The zero-order chi connectivity index (χ0) is 20.4. The Balaban J connectivity index is 1.38. The molecule has 152 valence electrons. The monoisotopic (exact) mass is 395 g/mol. The molecule has 0 aromatic carbocycles. The second-order valence-corrected chi connectivity index (χ2v) is 7.18. The zero-order valence-electron chi connectivity index (χ0n) is 16.7. The van der Waals surface area contributed by atoms with E-state index in [0.717, 1.165) is 49.6 Å². The van der Waals surface area contributed by atoms with Crippen molar-refractivity contribution in [2.24, 2.45) is 0 Å². The molecule has 0 bridgehead atoms. The lowest BCUT2D eigenvalue weighted by molar-refractivity contribution is 0.0958. The Bertz CT molecular complexity index is 1060. The van der Waals surface area contributed by atoms with Crippen molar-refractivity contribution in [3.63, 3.8) is 0 Å². The maximum Gasteiger partial charge on any atom is 0.273 e. The van der Waals surface area contributed by atoms with Gasteiger partial charge in [0.2, 0.25) is 0 Å². The number of carbonyl (C=O) groups excluding carboxylic acids is 1. The predicted octanol–water partition coefficient (Wildman–Crippen LogP) is 0.662. The topological polar surface area (TPSA) is 98.6 Å². The van der Waals surface area contributed by atoms with E-state index in [-0.39, 0.29) is 11.5 Å². The van der Waals surface area contributed by atoms with Crippen LogP contribution in [0.25, 0.3) is 5.65 Å². The van der Waals surface area contributed by atoms with Crippen molar-refractivity contribution in [3.8, 4) is 0 Å². The molecule has 1 saturated heterocycles. The van der Waals surface area contributed by atoms with Gasteiger partial charge in [0.05, 0.1) is 11.9 Å². The van der Waals surface area contributed by atoms with E-state index in [1.807, 2.05) is 25.3 Å². The molecule has 1 fully saturated rings. The molecule has 3 aromatic heterocycles. The lowest BCUT2D eigenvalue weighted by Crippen LogP contribution is -2.46. The Morgan fingerprint density at radius 1 is 1.24 bits per heavy atom. The lowest BCUT2D eigenvalue weighted by Gasteiger charge is -2.35. The van der Waals surface area contributed by atoms with Crippen LogP contribution in [-0.4, -0.2) is 63.6 Å². The number of nitrogens with one attached hydrogen (secondary N) is 2. The van der Waals surface area contributed by atoms with Gasteiger partial charge in [0.1, 0.15) is 17.0 Å². The maximum absolute atomic E-state index is 11.9. The van der Waals surface area contributed by atoms with Crippen LogP contribution in [-0.2, 0) is 13.0 Å². The predicted molar refractivity (Wildman–Crippen MR) is 110 cm³/mol. The van der Waals surface area contributed by atoms with Gasteiger partial charge in [0.25, 0.3) is 11.5 Å². The van der Waals surface area contributed by atoms with Gasteiger partial charge in [-0.15, -0.1) is 0 Å². The molecule has 4 rings (SSSR count). The first-order chi connectivity index (χ1) is 14.1. The number of fused-ring (bicyclic) bond motifs is 1. The average Bonchev–Trinajstić information content (AvgIpc) is 3.14. The number of carbonyl (C=O) groups is 1. The van der Waals surface area contributed by atoms with E-state index in [9.17, 15) is 9.59 Å². The first-order valence-electron chi connectivity index (χ1n) is 9.83. The highest BCUT2D eigenvalue weighted by molar-refractivity contribution is 5.92. The van der Waals surface area contributed by atoms with Crippen molar-refractivity contribution in [3.05, 3.63) is 57.9 Å². The number of hydrogen-bond acceptors (Lipinski definition) is 6. The standard InChI is InChI=1S/C20H25N7O2/c1-3-16-20(29)23-18-10-14(13-27(18)24-16)12-25-6-8-26(9-7-25)15-4-5-17(22-11-15)19(28)21-2/h4-5,10-11,13H,3,6-9,12H2,1-2H3,(H,21,28)(H,23,29). The van der Waals surface area contributed by atoms with Crippen molar-refractivity contribution < 1.29 is 4.79 Å². The van der Waals surface area contributed by atoms with Gasteiger partial charge in [-0.25, -0.2) is 9.50 Å². The summed E-state index contributed by atoms with van der Waals surface area (Å²) in [5.41, 5.74) is 3.74. The summed E-state index contributed by atoms with van der Waals surface area (Å²) in [4.78, 5) is 35.4. The lowest BCUT2D eigenvalue weighted by atomic mass is 10.2. The number of rotatable bonds is 5. The minimum Gasteiger partial charge on any atom is -0.368 e. The Hall–Kier alpha value is -3.20.